The van der Waals surface area contributed by atoms with Gasteiger partial charge in [-0.3, -0.25) is 19.3 Å². The first kappa shape index (κ1) is 16.1. The Kier molecular flexibility index (Phi) is 4.55. The van der Waals surface area contributed by atoms with Crippen molar-refractivity contribution in [3.05, 3.63) is 49.2 Å². The van der Waals surface area contributed by atoms with E-state index in [1.165, 1.54) is 0 Å². The van der Waals surface area contributed by atoms with Crippen molar-refractivity contribution >= 4 is 21.9 Å². The van der Waals surface area contributed by atoms with Crippen LogP contribution in [0.5, 0.6) is 0 Å². The minimum atomic E-state index is 0.395. The van der Waals surface area contributed by atoms with E-state index >= 15 is 0 Å². The normalized spacial score (nSPS) is 11.2. The topological polar surface area (TPSA) is 61.4 Å². The summed E-state index contributed by atoms with van der Waals surface area (Å²) in [5, 5.41) is 9.67. The SMILES string of the molecule is CC(C)n1ncc2ccncc21.CC(C)n1ncc2ncccc21. The minimum Gasteiger partial charge on any atom is -0.262 e. The number of hydrogen-bond donors (Lipinski definition) is 0. The summed E-state index contributed by atoms with van der Waals surface area (Å²) in [5.41, 5.74) is 3.17. The van der Waals surface area contributed by atoms with Crippen LogP contribution in [-0.4, -0.2) is 29.5 Å². The van der Waals surface area contributed by atoms with Gasteiger partial charge in [-0.05, 0) is 45.9 Å². The Balaban J connectivity index is 0.000000141. The monoisotopic (exact) mass is 322 g/mol. The molecule has 0 N–H and O–H groups in total. The fraction of sp³-hybridized carbons (Fsp3) is 0.333. The van der Waals surface area contributed by atoms with E-state index in [0.29, 0.717) is 12.1 Å². The first-order valence-electron chi connectivity index (χ1n) is 8.13. The standard InChI is InChI=1S/2C9H11N3/c1-7(2)12-9-6-10-4-3-8(9)5-11-12;1-7(2)12-9-4-3-5-10-8(9)6-11-12/h2*3-7H,1-2H3. The van der Waals surface area contributed by atoms with E-state index in [4.69, 9.17) is 0 Å². The molecule has 0 radical (unpaired) electrons. The van der Waals surface area contributed by atoms with E-state index in [0.717, 1.165) is 21.9 Å². The average molecular weight is 322 g/mol. The third kappa shape index (κ3) is 3.13. The first-order chi connectivity index (χ1) is 11.6. The molecule has 0 aliphatic rings. The van der Waals surface area contributed by atoms with Gasteiger partial charge in [-0.25, -0.2) is 0 Å². The maximum Gasteiger partial charge on any atom is 0.108 e. The van der Waals surface area contributed by atoms with Gasteiger partial charge in [0.05, 0.1) is 29.6 Å². The van der Waals surface area contributed by atoms with Crippen molar-refractivity contribution in [2.45, 2.75) is 39.8 Å². The zero-order chi connectivity index (χ0) is 17.1. The fourth-order valence-electron chi connectivity index (χ4n) is 2.59. The molecular weight excluding hydrogens is 300 g/mol. The molecule has 6 nitrogen and oxygen atoms in total. The lowest BCUT2D eigenvalue weighted by Crippen LogP contribution is -2.01. The molecule has 0 aromatic carbocycles. The zero-order valence-electron chi connectivity index (χ0n) is 14.5. The Labute approximate surface area is 141 Å². The molecule has 24 heavy (non-hydrogen) atoms. The highest BCUT2D eigenvalue weighted by molar-refractivity contribution is 5.77. The second kappa shape index (κ2) is 6.78. The molecule has 0 spiro atoms. The van der Waals surface area contributed by atoms with E-state index in [2.05, 4.69) is 47.9 Å². The number of aromatic nitrogens is 6. The van der Waals surface area contributed by atoms with Gasteiger partial charge in [0.1, 0.15) is 5.52 Å². The summed E-state index contributed by atoms with van der Waals surface area (Å²) in [7, 11) is 0. The molecule has 0 aliphatic heterocycles. The summed E-state index contributed by atoms with van der Waals surface area (Å²) in [4.78, 5) is 8.27. The Morgan fingerprint density at radius 2 is 1.50 bits per heavy atom. The van der Waals surface area contributed by atoms with E-state index < -0.39 is 0 Å². The van der Waals surface area contributed by atoms with Crippen LogP contribution in [0.1, 0.15) is 39.8 Å². The van der Waals surface area contributed by atoms with Crippen molar-refractivity contribution < 1.29 is 0 Å². The van der Waals surface area contributed by atoms with Crippen molar-refractivity contribution in [3.63, 3.8) is 0 Å². The largest absolute Gasteiger partial charge is 0.262 e. The van der Waals surface area contributed by atoms with Crippen LogP contribution in [0.4, 0.5) is 0 Å². The van der Waals surface area contributed by atoms with Crippen LogP contribution in [0.3, 0.4) is 0 Å². The molecular formula is C18H22N6. The van der Waals surface area contributed by atoms with E-state index in [1.54, 1.807) is 18.6 Å². The summed E-state index contributed by atoms with van der Waals surface area (Å²) < 4.78 is 3.95. The van der Waals surface area contributed by atoms with Gasteiger partial charge >= 0.3 is 0 Å². The summed E-state index contributed by atoms with van der Waals surface area (Å²) in [6.45, 7) is 8.44. The molecule has 0 unspecified atom stereocenters. The maximum absolute atomic E-state index is 4.27. The predicted molar refractivity (Wildman–Crippen MR) is 95.8 cm³/mol. The van der Waals surface area contributed by atoms with Crippen LogP contribution in [0.25, 0.3) is 21.9 Å². The molecule has 4 aromatic rings. The lowest BCUT2D eigenvalue weighted by molar-refractivity contribution is 0.550. The smallest absolute Gasteiger partial charge is 0.108 e. The second-order valence-electron chi connectivity index (χ2n) is 6.21. The first-order valence-corrected chi connectivity index (χ1v) is 8.13. The highest BCUT2D eigenvalue weighted by Gasteiger charge is 2.04. The van der Waals surface area contributed by atoms with Gasteiger partial charge in [0.2, 0.25) is 0 Å². The Morgan fingerprint density at radius 1 is 0.792 bits per heavy atom. The van der Waals surface area contributed by atoms with E-state index in [-0.39, 0.29) is 0 Å². The van der Waals surface area contributed by atoms with Gasteiger partial charge in [-0.1, -0.05) is 0 Å². The molecule has 0 bridgehead atoms. The van der Waals surface area contributed by atoms with Gasteiger partial charge in [-0.2, -0.15) is 10.2 Å². The quantitative estimate of drug-likeness (QED) is 0.559. The molecule has 0 saturated heterocycles. The highest BCUT2D eigenvalue weighted by atomic mass is 15.3. The van der Waals surface area contributed by atoms with E-state index in [1.807, 2.05) is 40.0 Å². The summed E-state index contributed by atoms with van der Waals surface area (Å²) >= 11 is 0. The zero-order valence-corrected chi connectivity index (χ0v) is 14.5. The summed E-state index contributed by atoms with van der Waals surface area (Å²) in [6, 6.07) is 6.73. The Morgan fingerprint density at radius 3 is 2.25 bits per heavy atom. The second-order valence-corrected chi connectivity index (χ2v) is 6.21. The van der Waals surface area contributed by atoms with Gasteiger partial charge in [0.15, 0.2) is 0 Å². The molecule has 0 fully saturated rings. The number of hydrogen-bond acceptors (Lipinski definition) is 4. The predicted octanol–water partition coefficient (Wildman–Crippen LogP) is 4.02. The molecule has 4 rings (SSSR count). The Bertz CT molecular complexity index is 857. The lowest BCUT2D eigenvalue weighted by Gasteiger charge is -2.05. The van der Waals surface area contributed by atoms with Crippen LogP contribution in [0.15, 0.2) is 49.2 Å². The number of pyridine rings is 2. The molecule has 0 amide bonds. The molecule has 124 valence electrons. The van der Waals surface area contributed by atoms with Gasteiger partial charge < -0.3 is 0 Å². The third-order valence-electron chi connectivity index (χ3n) is 3.75. The molecule has 0 aliphatic carbocycles. The Hall–Kier alpha value is -2.76. The van der Waals surface area contributed by atoms with E-state index in [9.17, 15) is 0 Å². The minimum absolute atomic E-state index is 0.395. The highest BCUT2D eigenvalue weighted by Crippen LogP contribution is 2.15. The van der Waals surface area contributed by atoms with Crippen LogP contribution >= 0.6 is 0 Å². The van der Waals surface area contributed by atoms with Crippen LogP contribution < -0.4 is 0 Å². The van der Waals surface area contributed by atoms with Gasteiger partial charge in [-0.15, -0.1) is 0 Å². The number of nitrogens with zero attached hydrogens (tertiary/aromatic N) is 6. The summed E-state index contributed by atoms with van der Waals surface area (Å²) in [5.74, 6) is 0. The van der Waals surface area contributed by atoms with Crippen molar-refractivity contribution in [2.24, 2.45) is 0 Å². The molecule has 0 atom stereocenters. The third-order valence-corrected chi connectivity index (χ3v) is 3.75. The van der Waals surface area contributed by atoms with Gasteiger partial charge in [0, 0.05) is 29.9 Å². The lowest BCUT2D eigenvalue weighted by atomic mass is 10.3. The molecule has 0 saturated carbocycles. The fourth-order valence-corrected chi connectivity index (χ4v) is 2.59. The average Bonchev–Trinajstić information content (AvgIpc) is 3.19. The van der Waals surface area contributed by atoms with Crippen LogP contribution in [0, 0.1) is 0 Å². The molecule has 4 heterocycles. The van der Waals surface area contributed by atoms with Crippen molar-refractivity contribution in [1.82, 2.24) is 29.5 Å². The van der Waals surface area contributed by atoms with Crippen molar-refractivity contribution in [2.75, 3.05) is 0 Å². The number of rotatable bonds is 2. The molecule has 4 aromatic heterocycles. The maximum atomic E-state index is 4.27. The number of fused-ring (bicyclic) bond motifs is 2. The molecule has 6 heteroatoms. The van der Waals surface area contributed by atoms with Crippen molar-refractivity contribution in [1.29, 1.82) is 0 Å². The van der Waals surface area contributed by atoms with Gasteiger partial charge in [0.25, 0.3) is 0 Å². The van der Waals surface area contributed by atoms with Crippen LogP contribution in [0.2, 0.25) is 0 Å². The van der Waals surface area contributed by atoms with Crippen molar-refractivity contribution in [3.8, 4) is 0 Å². The summed E-state index contributed by atoms with van der Waals surface area (Å²) in [6.07, 6.45) is 9.10. The van der Waals surface area contributed by atoms with Crippen LogP contribution in [-0.2, 0) is 0 Å².